The van der Waals surface area contributed by atoms with E-state index in [-0.39, 0.29) is 5.91 Å². The molecule has 1 aromatic carbocycles. The molecule has 116 valence electrons. The average Bonchev–Trinajstić information content (AvgIpc) is 2.49. The molecule has 1 fully saturated rings. The van der Waals surface area contributed by atoms with Crippen molar-refractivity contribution in [3.05, 3.63) is 28.7 Å². The lowest BCUT2D eigenvalue weighted by molar-refractivity contribution is -0.139. The fourth-order valence-electron chi connectivity index (χ4n) is 2.26. The normalized spacial score (nSPS) is 17.3. The summed E-state index contributed by atoms with van der Waals surface area (Å²) in [6.45, 7) is 2.04. The van der Waals surface area contributed by atoms with Gasteiger partial charge in [-0.25, -0.2) is 0 Å². The summed E-state index contributed by atoms with van der Waals surface area (Å²) in [5, 5.41) is 0. The van der Waals surface area contributed by atoms with Crippen LogP contribution < -0.4 is 10.5 Å². The number of likely N-dealkylation sites (N-methyl/N-ethyl adjacent to an activating group) is 1. The van der Waals surface area contributed by atoms with Crippen molar-refractivity contribution >= 4 is 21.8 Å². The Morgan fingerprint density at radius 1 is 1.38 bits per heavy atom. The van der Waals surface area contributed by atoms with Crippen LogP contribution in [0.1, 0.15) is 12.8 Å². The van der Waals surface area contributed by atoms with E-state index in [1.807, 2.05) is 24.3 Å². The Labute approximate surface area is 133 Å². The first kappa shape index (κ1) is 16.3. The molecule has 0 spiro atoms. The minimum absolute atomic E-state index is 0.0368. The highest BCUT2D eigenvalue weighted by Gasteiger charge is 2.37. The van der Waals surface area contributed by atoms with E-state index in [4.69, 9.17) is 15.2 Å². The van der Waals surface area contributed by atoms with Crippen molar-refractivity contribution in [3.8, 4) is 5.75 Å². The van der Waals surface area contributed by atoms with Crippen LogP contribution >= 0.6 is 15.9 Å². The zero-order chi connectivity index (χ0) is 15.3. The van der Waals surface area contributed by atoms with Gasteiger partial charge in [0.1, 0.15) is 12.4 Å². The Balaban J connectivity index is 1.79. The van der Waals surface area contributed by atoms with E-state index in [2.05, 4.69) is 15.9 Å². The molecule has 0 atom stereocenters. The molecule has 0 aromatic heterocycles. The number of benzene rings is 1. The molecule has 1 heterocycles. The number of hydrogen-bond acceptors (Lipinski definition) is 4. The molecule has 6 heteroatoms. The van der Waals surface area contributed by atoms with Gasteiger partial charge < -0.3 is 20.1 Å². The summed E-state index contributed by atoms with van der Waals surface area (Å²) in [4.78, 5) is 14.0. The van der Waals surface area contributed by atoms with E-state index < -0.39 is 5.54 Å². The molecule has 0 saturated carbocycles. The van der Waals surface area contributed by atoms with Gasteiger partial charge in [-0.05, 0) is 37.1 Å². The second kappa shape index (κ2) is 7.24. The summed E-state index contributed by atoms with van der Waals surface area (Å²) in [7, 11) is 1.76. The van der Waals surface area contributed by atoms with Crippen molar-refractivity contribution in [2.24, 2.45) is 5.73 Å². The number of carbonyl (C=O) groups is 1. The topological polar surface area (TPSA) is 64.8 Å². The van der Waals surface area contributed by atoms with E-state index in [9.17, 15) is 4.79 Å². The Bertz CT molecular complexity index is 472. The second-order valence-electron chi connectivity index (χ2n) is 5.30. The molecule has 0 radical (unpaired) electrons. The SMILES string of the molecule is CN(CCOc1ccc(Br)cc1)C(=O)C1(N)CCOCC1. The predicted octanol–water partition coefficient (Wildman–Crippen LogP) is 1.79. The first-order valence-electron chi connectivity index (χ1n) is 7.02. The molecule has 1 amide bonds. The summed E-state index contributed by atoms with van der Waals surface area (Å²) in [6, 6.07) is 7.60. The van der Waals surface area contributed by atoms with E-state index in [0.29, 0.717) is 39.2 Å². The number of halogens is 1. The van der Waals surface area contributed by atoms with Crippen LogP contribution in [-0.4, -0.2) is 49.8 Å². The predicted molar refractivity (Wildman–Crippen MR) is 84.2 cm³/mol. The van der Waals surface area contributed by atoms with Crippen LogP contribution in [0, 0.1) is 0 Å². The van der Waals surface area contributed by atoms with Crippen molar-refractivity contribution in [3.63, 3.8) is 0 Å². The van der Waals surface area contributed by atoms with Gasteiger partial charge in [0.15, 0.2) is 0 Å². The summed E-state index contributed by atoms with van der Waals surface area (Å²) < 4.78 is 11.9. The number of ether oxygens (including phenoxy) is 2. The number of rotatable bonds is 5. The Morgan fingerprint density at radius 3 is 2.62 bits per heavy atom. The third kappa shape index (κ3) is 4.43. The van der Waals surface area contributed by atoms with Gasteiger partial charge in [-0.2, -0.15) is 0 Å². The molecule has 1 saturated heterocycles. The maximum atomic E-state index is 12.4. The van der Waals surface area contributed by atoms with Crippen molar-refractivity contribution in [1.82, 2.24) is 4.90 Å². The quantitative estimate of drug-likeness (QED) is 0.873. The highest BCUT2D eigenvalue weighted by molar-refractivity contribution is 9.10. The van der Waals surface area contributed by atoms with Gasteiger partial charge in [0.2, 0.25) is 5.91 Å². The average molecular weight is 357 g/mol. The molecular weight excluding hydrogens is 336 g/mol. The number of hydrogen-bond donors (Lipinski definition) is 1. The lowest BCUT2D eigenvalue weighted by Gasteiger charge is -2.35. The molecule has 1 aromatic rings. The van der Waals surface area contributed by atoms with Crippen LogP contribution in [0.3, 0.4) is 0 Å². The van der Waals surface area contributed by atoms with E-state index >= 15 is 0 Å². The van der Waals surface area contributed by atoms with E-state index in [1.165, 1.54) is 0 Å². The zero-order valence-corrected chi connectivity index (χ0v) is 13.8. The van der Waals surface area contributed by atoms with E-state index in [0.717, 1.165) is 10.2 Å². The lowest BCUT2D eigenvalue weighted by atomic mass is 9.90. The molecule has 0 aliphatic carbocycles. The largest absolute Gasteiger partial charge is 0.492 e. The summed E-state index contributed by atoms with van der Waals surface area (Å²) in [5.74, 6) is 0.748. The number of nitrogens with zero attached hydrogens (tertiary/aromatic N) is 1. The van der Waals surface area contributed by atoms with Crippen LogP contribution in [0.15, 0.2) is 28.7 Å². The van der Waals surface area contributed by atoms with Gasteiger partial charge in [-0.15, -0.1) is 0 Å². The number of nitrogens with two attached hydrogens (primary N) is 1. The van der Waals surface area contributed by atoms with E-state index in [1.54, 1.807) is 11.9 Å². The lowest BCUT2D eigenvalue weighted by Crippen LogP contribution is -2.57. The van der Waals surface area contributed by atoms with Gasteiger partial charge in [0, 0.05) is 24.7 Å². The van der Waals surface area contributed by atoms with Gasteiger partial charge in [-0.1, -0.05) is 15.9 Å². The van der Waals surface area contributed by atoms with Gasteiger partial charge in [0.05, 0.1) is 12.1 Å². The Morgan fingerprint density at radius 2 is 2.00 bits per heavy atom. The summed E-state index contributed by atoms with van der Waals surface area (Å²) in [6.07, 6.45) is 1.15. The van der Waals surface area contributed by atoms with Crippen molar-refractivity contribution in [2.45, 2.75) is 18.4 Å². The van der Waals surface area contributed by atoms with Gasteiger partial charge in [-0.3, -0.25) is 4.79 Å². The maximum absolute atomic E-state index is 12.4. The third-order valence-electron chi connectivity index (χ3n) is 3.67. The van der Waals surface area contributed by atoms with Crippen molar-refractivity contribution in [2.75, 3.05) is 33.4 Å². The molecule has 0 bridgehead atoms. The molecule has 1 aliphatic rings. The van der Waals surface area contributed by atoms with Crippen LogP contribution in [0.5, 0.6) is 5.75 Å². The molecule has 2 N–H and O–H groups in total. The zero-order valence-electron chi connectivity index (χ0n) is 12.2. The number of carbonyl (C=O) groups excluding carboxylic acids is 1. The molecular formula is C15H21BrN2O3. The van der Waals surface area contributed by atoms with Crippen LogP contribution in [0.2, 0.25) is 0 Å². The van der Waals surface area contributed by atoms with Crippen molar-refractivity contribution < 1.29 is 14.3 Å². The number of amides is 1. The smallest absolute Gasteiger partial charge is 0.242 e. The Hall–Kier alpha value is -1.11. The molecule has 1 aliphatic heterocycles. The Kier molecular flexibility index (Phi) is 5.61. The summed E-state index contributed by atoms with van der Waals surface area (Å²) >= 11 is 3.37. The third-order valence-corrected chi connectivity index (χ3v) is 4.20. The van der Waals surface area contributed by atoms with Gasteiger partial charge >= 0.3 is 0 Å². The standard InChI is InChI=1S/C15H21BrN2O3/c1-18(14(19)15(17)6-9-20-10-7-15)8-11-21-13-4-2-12(16)3-5-13/h2-5H,6-11,17H2,1H3. The minimum atomic E-state index is -0.787. The second-order valence-corrected chi connectivity index (χ2v) is 6.21. The maximum Gasteiger partial charge on any atom is 0.242 e. The fourth-order valence-corrected chi connectivity index (χ4v) is 2.53. The van der Waals surface area contributed by atoms with Crippen LogP contribution in [-0.2, 0) is 9.53 Å². The molecule has 21 heavy (non-hydrogen) atoms. The molecule has 0 unspecified atom stereocenters. The van der Waals surface area contributed by atoms with Gasteiger partial charge in [0.25, 0.3) is 0 Å². The first-order chi connectivity index (χ1) is 10.0. The monoisotopic (exact) mass is 356 g/mol. The highest BCUT2D eigenvalue weighted by Crippen LogP contribution is 2.20. The van der Waals surface area contributed by atoms with Crippen LogP contribution in [0.25, 0.3) is 0 Å². The molecule has 5 nitrogen and oxygen atoms in total. The summed E-state index contributed by atoms with van der Waals surface area (Å²) in [5.41, 5.74) is 5.40. The fraction of sp³-hybridized carbons (Fsp3) is 0.533. The highest BCUT2D eigenvalue weighted by atomic mass is 79.9. The first-order valence-corrected chi connectivity index (χ1v) is 7.81. The van der Waals surface area contributed by atoms with Crippen molar-refractivity contribution in [1.29, 1.82) is 0 Å². The van der Waals surface area contributed by atoms with Crippen LogP contribution in [0.4, 0.5) is 0 Å². The minimum Gasteiger partial charge on any atom is -0.492 e. The molecule has 2 rings (SSSR count).